The molecule has 2 aromatic carbocycles. The third-order valence-corrected chi connectivity index (χ3v) is 4.24. The van der Waals surface area contributed by atoms with Gasteiger partial charge in [-0.05, 0) is 48.4 Å². The van der Waals surface area contributed by atoms with E-state index in [9.17, 15) is 0 Å². The van der Waals surface area contributed by atoms with Crippen LogP contribution in [0.2, 0.25) is 0 Å². The molecule has 0 spiro atoms. The average Bonchev–Trinajstić information content (AvgIpc) is 2.74. The lowest BCUT2D eigenvalue weighted by Crippen LogP contribution is -1.97. The highest BCUT2D eigenvalue weighted by molar-refractivity contribution is 5.85. The van der Waals surface area contributed by atoms with Gasteiger partial charge in [0.05, 0.1) is 17.5 Å². The lowest BCUT2D eigenvalue weighted by molar-refractivity contribution is 0.202. The van der Waals surface area contributed by atoms with Crippen LogP contribution in [0, 0.1) is 0 Å². The molecule has 0 bridgehead atoms. The summed E-state index contributed by atoms with van der Waals surface area (Å²) < 4.78 is 11.2. The molecular formula is C22H19N3O2. The van der Waals surface area contributed by atoms with Crippen LogP contribution in [0.15, 0.2) is 73.1 Å². The van der Waals surface area contributed by atoms with Gasteiger partial charge in [-0.15, -0.1) is 0 Å². The Bertz CT molecular complexity index is 1030. The summed E-state index contributed by atoms with van der Waals surface area (Å²) in [5, 5.41) is 0.874. The van der Waals surface area contributed by atoms with Gasteiger partial charge in [-0.25, -0.2) is 4.98 Å². The van der Waals surface area contributed by atoms with Crippen LogP contribution in [0.4, 0.5) is 0 Å². The van der Waals surface area contributed by atoms with Gasteiger partial charge in [0.2, 0.25) is 5.88 Å². The summed E-state index contributed by atoms with van der Waals surface area (Å²) in [4.78, 5) is 13.4. The molecule has 5 nitrogen and oxygen atoms in total. The zero-order chi connectivity index (χ0) is 18.5. The molecule has 0 aliphatic heterocycles. The summed E-state index contributed by atoms with van der Waals surface area (Å²) in [7, 11) is 1.71. The van der Waals surface area contributed by atoms with Crippen molar-refractivity contribution >= 4 is 10.9 Å². The Labute approximate surface area is 157 Å². The van der Waals surface area contributed by atoms with Gasteiger partial charge < -0.3 is 9.47 Å². The second kappa shape index (κ2) is 7.93. The van der Waals surface area contributed by atoms with Crippen LogP contribution >= 0.6 is 0 Å². The number of ether oxygens (including phenoxy) is 2. The number of rotatable bonds is 6. The molecule has 2 heterocycles. The maximum Gasteiger partial charge on any atom is 0.230 e. The van der Waals surface area contributed by atoms with Crippen LogP contribution in [-0.4, -0.2) is 28.7 Å². The molecule has 134 valence electrons. The van der Waals surface area contributed by atoms with Crippen molar-refractivity contribution in [1.29, 1.82) is 0 Å². The van der Waals surface area contributed by atoms with Gasteiger partial charge in [-0.3, -0.25) is 4.98 Å². The van der Waals surface area contributed by atoms with Crippen molar-refractivity contribution in [2.45, 2.75) is 6.42 Å². The van der Waals surface area contributed by atoms with Crippen molar-refractivity contribution in [3.05, 3.63) is 78.6 Å². The zero-order valence-corrected chi connectivity index (χ0v) is 15.0. The summed E-state index contributed by atoms with van der Waals surface area (Å²) in [5.74, 6) is 1.89. The van der Waals surface area contributed by atoms with Crippen molar-refractivity contribution in [2.24, 2.45) is 0 Å². The first-order chi connectivity index (χ1) is 13.3. The average molecular weight is 357 g/mol. The van der Waals surface area contributed by atoms with Crippen molar-refractivity contribution in [3.8, 4) is 23.0 Å². The number of hydrogen-bond acceptors (Lipinski definition) is 5. The third kappa shape index (κ3) is 3.93. The number of hydrogen-bond donors (Lipinski definition) is 0. The summed E-state index contributed by atoms with van der Waals surface area (Å²) in [5.41, 5.74) is 2.94. The molecule has 4 aromatic rings. The fourth-order valence-electron chi connectivity index (χ4n) is 2.81. The van der Waals surface area contributed by atoms with Crippen LogP contribution in [0.5, 0.6) is 11.6 Å². The highest BCUT2D eigenvalue weighted by Crippen LogP contribution is 2.30. The molecule has 0 saturated heterocycles. The van der Waals surface area contributed by atoms with Gasteiger partial charge >= 0.3 is 0 Å². The second-order valence-corrected chi connectivity index (χ2v) is 6.09. The SMILES string of the molecule is COCCc1ccc(Oc2nc(-c3ccncc3)nc3ccccc23)cc1. The molecular weight excluding hydrogens is 338 g/mol. The Balaban J connectivity index is 1.70. The number of aromatic nitrogens is 3. The molecule has 27 heavy (non-hydrogen) atoms. The molecule has 0 fully saturated rings. The van der Waals surface area contributed by atoms with E-state index in [0.29, 0.717) is 18.3 Å². The van der Waals surface area contributed by atoms with Crippen LogP contribution in [-0.2, 0) is 11.2 Å². The number of pyridine rings is 1. The van der Waals surface area contributed by atoms with E-state index in [4.69, 9.17) is 9.47 Å². The number of nitrogens with zero attached hydrogens (tertiary/aromatic N) is 3. The van der Waals surface area contributed by atoms with Crippen molar-refractivity contribution in [1.82, 2.24) is 15.0 Å². The normalized spacial score (nSPS) is 10.9. The second-order valence-electron chi connectivity index (χ2n) is 6.09. The molecule has 0 N–H and O–H groups in total. The van der Waals surface area contributed by atoms with Crippen LogP contribution in [0.25, 0.3) is 22.3 Å². The minimum Gasteiger partial charge on any atom is -0.438 e. The van der Waals surface area contributed by atoms with E-state index >= 15 is 0 Å². The predicted molar refractivity (Wildman–Crippen MR) is 105 cm³/mol. The quantitative estimate of drug-likeness (QED) is 0.502. The van der Waals surface area contributed by atoms with Crippen LogP contribution < -0.4 is 4.74 Å². The fourth-order valence-corrected chi connectivity index (χ4v) is 2.81. The Hall–Kier alpha value is -3.31. The maximum absolute atomic E-state index is 6.12. The summed E-state index contributed by atoms with van der Waals surface area (Å²) >= 11 is 0. The van der Waals surface area contributed by atoms with E-state index in [1.807, 2.05) is 60.7 Å². The highest BCUT2D eigenvalue weighted by atomic mass is 16.5. The molecule has 2 aromatic heterocycles. The molecule has 0 aliphatic carbocycles. The molecule has 0 radical (unpaired) electrons. The molecule has 0 atom stereocenters. The standard InChI is InChI=1S/C22H19N3O2/c1-26-15-12-16-6-8-18(9-7-16)27-22-19-4-2-3-5-20(19)24-21(25-22)17-10-13-23-14-11-17/h2-11,13-14H,12,15H2,1H3. The van der Waals surface area contributed by atoms with Crippen LogP contribution in [0.3, 0.4) is 0 Å². The molecule has 0 aliphatic rings. The first-order valence-electron chi connectivity index (χ1n) is 8.76. The lowest BCUT2D eigenvalue weighted by Gasteiger charge is -2.10. The topological polar surface area (TPSA) is 57.1 Å². The number of fused-ring (bicyclic) bond motifs is 1. The number of para-hydroxylation sites is 1. The Kier molecular flexibility index (Phi) is 5.03. The minimum atomic E-state index is 0.539. The van der Waals surface area contributed by atoms with E-state index in [-0.39, 0.29) is 0 Å². The molecule has 5 heteroatoms. The zero-order valence-electron chi connectivity index (χ0n) is 15.0. The van der Waals surface area contributed by atoms with Gasteiger partial charge in [0.15, 0.2) is 5.82 Å². The van der Waals surface area contributed by atoms with E-state index in [2.05, 4.69) is 15.0 Å². The number of methoxy groups -OCH3 is 1. The first kappa shape index (κ1) is 17.1. The smallest absolute Gasteiger partial charge is 0.230 e. The summed E-state index contributed by atoms with van der Waals surface area (Å²) in [6.07, 6.45) is 4.33. The maximum atomic E-state index is 6.12. The van der Waals surface area contributed by atoms with Gasteiger partial charge in [-0.1, -0.05) is 24.3 Å². The van der Waals surface area contributed by atoms with Crippen molar-refractivity contribution < 1.29 is 9.47 Å². The van der Waals surface area contributed by atoms with E-state index < -0.39 is 0 Å². The van der Waals surface area contributed by atoms with Crippen molar-refractivity contribution in [2.75, 3.05) is 13.7 Å². The van der Waals surface area contributed by atoms with Gasteiger partial charge in [0.25, 0.3) is 0 Å². The van der Waals surface area contributed by atoms with Crippen molar-refractivity contribution in [3.63, 3.8) is 0 Å². The van der Waals surface area contributed by atoms with Crippen LogP contribution in [0.1, 0.15) is 5.56 Å². The summed E-state index contributed by atoms with van der Waals surface area (Å²) in [6.45, 7) is 0.700. The van der Waals surface area contributed by atoms with E-state index in [0.717, 1.165) is 28.6 Å². The Morgan fingerprint density at radius 1 is 0.852 bits per heavy atom. The minimum absolute atomic E-state index is 0.539. The summed E-state index contributed by atoms with van der Waals surface area (Å²) in [6, 6.07) is 19.6. The molecule has 0 amide bonds. The largest absolute Gasteiger partial charge is 0.438 e. The Morgan fingerprint density at radius 2 is 1.63 bits per heavy atom. The molecule has 4 rings (SSSR count). The van der Waals surface area contributed by atoms with Gasteiger partial charge in [-0.2, -0.15) is 4.98 Å². The third-order valence-electron chi connectivity index (χ3n) is 4.24. The monoisotopic (exact) mass is 357 g/mol. The van der Waals surface area contributed by atoms with E-state index in [1.54, 1.807) is 19.5 Å². The number of benzene rings is 2. The first-order valence-corrected chi connectivity index (χ1v) is 8.76. The highest BCUT2D eigenvalue weighted by Gasteiger charge is 2.11. The predicted octanol–water partition coefficient (Wildman–Crippen LogP) is 4.67. The molecule has 0 saturated carbocycles. The van der Waals surface area contributed by atoms with Gasteiger partial charge in [0, 0.05) is 25.1 Å². The Morgan fingerprint density at radius 3 is 2.41 bits per heavy atom. The van der Waals surface area contributed by atoms with Gasteiger partial charge in [0.1, 0.15) is 5.75 Å². The molecule has 0 unspecified atom stereocenters. The lowest BCUT2D eigenvalue weighted by atomic mass is 10.1. The fraction of sp³-hybridized carbons (Fsp3) is 0.136. The van der Waals surface area contributed by atoms with E-state index in [1.165, 1.54) is 5.56 Å².